The van der Waals surface area contributed by atoms with Crippen molar-refractivity contribution < 1.29 is 8.42 Å². The molecule has 6 heteroatoms. The van der Waals surface area contributed by atoms with Crippen molar-refractivity contribution in [2.45, 2.75) is 13.8 Å². The molecular formula is C14H17N3O2S. The zero-order valence-corrected chi connectivity index (χ0v) is 12.5. The molecule has 1 aromatic heterocycles. The number of aryl methyl sites for hydroxylation is 2. The minimum atomic E-state index is -3.55. The Bertz CT molecular complexity index is 731. The normalized spacial score (nSPS) is 11.9. The van der Waals surface area contributed by atoms with Gasteiger partial charge in [-0.05, 0) is 25.5 Å². The van der Waals surface area contributed by atoms with Gasteiger partial charge in [0.25, 0.3) is 10.0 Å². The molecule has 0 saturated heterocycles. The van der Waals surface area contributed by atoms with Crippen LogP contribution in [0.1, 0.15) is 17.0 Å². The summed E-state index contributed by atoms with van der Waals surface area (Å²) in [7, 11) is -1.77. The second-order valence-electron chi connectivity index (χ2n) is 4.53. The van der Waals surface area contributed by atoms with Gasteiger partial charge >= 0.3 is 0 Å². The van der Waals surface area contributed by atoms with Gasteiger partial charge in [0.2, 0.25) is 0 Å². The van der Waals surface area contributed by atoms with Crippen molar-refractivity contribution in [3.8, 4) is 0 Å². The van der Waals surface area contributed by atoms with Crippen LogP contribution in [0.25, 0.3) is 6.08 Å². The Morgan fingerprint density at radius 2 is 1.85 bits per heavy atom. The molecular weight excluding hydrogens is 274 g/mol. The van der Waals surface area contributed by atoms with Crippen molar-refractivity contribution in [3.05, 3.63) is 52.7 Å². The lowest BCUT2D eigenvalue weighted by molar-refractivity contribution is 0.609. The first-order valence-corrected chi connectivity index (χ1v) is 7.70. The predicted octanol–water partition coefficient (Wildman–Crippen LogP) is 2.45. The third-order valence-electron chi connectivity index (χ3n) is 2.99. The van der Waals surface area contributed by atoms with Crippen molar-refractivity contribution in [3.63, 3.8) is 0 Å². The van der Waals surface area contributed by atoms with E-state index in [0.29, 0.717) is 11.4 Å². The SMILES string of the molecule is Cc1nn(C)c(C)c1NS(=O)(=O)/C=C/c1ccccc1. The first-order chi connectivity index (χ1) is 9.39. The number of hydrogen-bond donors (Lipinski definition) is 1. The van der Waals surface area contributed by atoms with Crippen LogP contribution in [0.3, 0.4) is 0 Å². The molecule has 0 bridgehead atoms. The molecule has 0 fully saturated rings. The van der Waals surface area contributed by atoms with E-state index in [1.54, 1.807) is 24.7 Å². The lowest BCUT2D eigenvalue weighted by Gasteiger charge is -2.04. The van der Waals surface area contributed by atoms with Crippen molar-refractivity contribution in [1.29, 1.82) is 0 Å². The molecule has 20 heavy (non-hydrogen) atoms. The molecule has 0 aliphatic heterocycles. The standard InChI is InChI=1S/C14H17N3O2S/c1-11-14(12(2)17(3)15-11)16-20(18,19)10-9-13-7-5-4-6-8-13/h4-10,16H,1-3H3/b10-9+. The first kappa shape index (κ1) is 14.3. The summed E-state index contributed by atoms with van der Waals surface area (Å²) < 4.78 is 28.3. The second-order valence-corrected chi connectivity index (χ2v) is 6.10. The molecule has 106 valence electrons. The van der Waals surface area contributed by atoms with E-state index in [0.717, 1.165) is 16.7 Å². The summed E-state index contributed by atoms with van der Waals surface area (Å²) in [4.78, 5) is 0. The minimum Gasteiger partial charge on any atom is -0.276 e. The molecule has 0 amide bonds. The van der Waals surface area contributed by atoms with E-state index in [9.17, 15) is 8.42 Å². The Morgan fingerprint density at radius 1 is 1.20 bits per heavy atom. The molecule has 0 saturated carbocycles. The van der Waals surface area contributed by atoms with Crippen LogP contribution in [-0.4, -0.2) is 18.2 Å². The number of benzene rings is 1. The van der Waals surface area contributed by atoms with E-state index < -0.39 is 10.0 Å². The average Bonchev–Trinajstić information content (AvgIpc) is 2.64. The minimum absolute atomic E-state index is 0.533. The molecule has 2 aromatic rings. The van der Waals surface area contributed by atoms with E-state index in [2.05, 4.69) is 9.82 Å². The molecule has 0 spiro atoms. The summed E-state index contributed by atoms with van der Waals surface area (Å²) in [6, 6.07) is 9.27. The summed E-state index contributed by atoms with van der Waals surface area (Å²) in [5.74, 6) is 0. The van der Waals surface area contributed by atoms with Gasteiger partial charge < -0.3 is 0 Å². The Kier molecular flexibility index (Phi) is 3.94. The van der Waals surface area contributed by atoms with Gasteiger partial charge in [0.1, 0.15) is 0 Å². The van der Waals surface area contributed by atoms with Gasteiger partial charge in [-0.3, -0.25) is 9.40 Å². The summed E-state index contributed by atoms with van der Waals surface area (Å²) in [6.07, 6.45) is 1.56. The average molecular weight is 291 g/mol. The lowest BCUT2D eigenvalue weighted by atomic mass is 10.2. The zero-order chi connectivity index (χ0) is 14.8. The highest BCUT2D eigenvalue weighted by Gasteiger charge is 2.14. The van der Waals surface area contributed by atoms with Gasteiger partial charge in [-0.2, -0.15) is 5.10 Å². The Morgan fingerprint density at radius 3 is 2.40 bits per heavy atom. The lowest BCUT2D eigenvalue weighted by Crippen LogP contribution is -2.10. The molecule has 1 heterocycles. The van der Waals surface area contributed by atoms with E-state index in [-0.39, 0.29) is 0 Å². The molecule has 5 nitrogen and oxygen atoms in total. The third kappa shape index (κ3) is 3.27. The molecule has 0 radical (unpaired) electrons. The summed E-state index contributed by atoms with van der Waals surface area (Å²) >= 11 is 0. The van der Waals surface area contributed by atoms with E-state index in [1.807, 2.05) is 37.3 Å². The van der Waals surface area contributed by atoms with Gasteiger partial charge in [0.15, 0.2) is 0 Å². The fourth-order valence-corrected chi connectivity index (χ4v) is 2.81. The summed E-state index contributed by atoms with van der Waals surface area (Å²) in [5, 5.41) is 5.34. The smallest absolute Gasteiger partial charge is 0.255 e. The fourth-order valence-electron chi connectivity index (χ4n) is 1.83. The number of anilines is 1. The van der Waals surface area contributed by atoms with Gasteiger partial charge in [0, 0.05) is 7.05 Å². The van der Waals surface area contributed by atoms with Crippen LogP contribution in [-0.2, 0) is 17.1 Å². The second kappa shape index (κ2) is 5.50. The maximum Gasteiger partial charge on any atom is 0.255 e. The van der Waals surface area contributed by atoms with Gasteiger partial charge in [-0.1, -0.05) is 30.3 Å². The molecule has 0 aliphatic carbocycles. The number of rotatable bonds is 4. The van der Waals surface area contributed by atoms with Crippen molar-refractivity contribution in [2.75, 3.05) is 4.72 Å². The quantitative estimate of drug-likeness (QED) is 0.941. The predicted molar refractivity (Wildman–Crippen MR) is 80.7 cm³/mol. The van der Waals surface area contributed by atoms with Crippen LogP contribution in [0.2, 0.25) is 0 Å². The monoisotopic (exact) mass is 291 g/mol. The highest BCUT2D eigenvalue weighted by atomic mass is 32.2. The molecule has 0 atom stereocenters. The van der Waals surface area contributed by atoms with Crippen LogP contribution in [0.15, 0.2) is 35.7 Å². The summed E-state index contributed by atoms with van der Waals surface area (Å²) in [6.45, 7) is 3.59. The molecule has 1 N–H and O–H groups in total. The van der Waals surface area contributed by atoms with Crippen molar-refractivity contribution in [2.24, 2.45) is 7.05 Å². The summed E-state index contributed by atoms with van der Waals surface area (Å²) in [5.41, 5.74) is 2.79. The Labute approximate surface area is 119 Å². The maximum absolute atomic E-state index is 12.1. The van der Waals surface area contributed by atoms with E-state index >= 15 is 0 Å². The van der Waals surface area contributed by atoms with Crippen molar-refractivity contribution >= 4 is 21.8 Å². The van der Waals surface area contributed by atoms with Crippen LogP contribution in [0.4, 0.5) is 5.69 Å². The van der Waals surface area contributed by atoms with Crippen molar-refractivity contribution in [1.82, 2.24) is 9.78 Å². The zero-order valence-electron chi connectivity index (χ0n) is 11.7. The third-order valence-corrected chi connectivity index (χ3v) is 3.98. The van der Waals surface area contributed by atoms with Gasteiger partial charge in [0.05, 0.1) is 22.5 Å². The van der Waals surface area contributed by atoms with Crippen LogP contribution < -0.4 is 4.72 Å². The van der Waals surface area contributed by atoms with E-state index in [1.165, 1.54) is 0 Å². The topological polar surface area (TPSA) is 64.0 Å². The number of aromatic nitrogens is 2. The van der Waals surface area contributed by atoms with Crippen LogP contribution >= 0.6 is 0 Å². The number of nitrogens with one attached hydrogen (secondary N) is 1. The Balaban J connectivity index is 2.22. The highest BCUT2D eigenvalue weighted by molar-refractivity contribution is 7.95. The van der Waals surface area contributed by atoms with Gasteiger partial charge in [-0.25, -0.2) is 8.42 Å². The Hall–Kier alpha value is -2.08. The molecule has 1 aromatic carbocycles. The van der Waals surface area contributed by atoms with E-state index in [4.69, 9.17) is 0 Å². The number of nitrogens with zero attached hydrogens (tertiary/aromatic N) is 2. The molecule has 2 rings (SSSR count). The molecule has 0 aliphatic rings. The van der Waals surface area contributed by atoms with Gasteiger partial charge in [-0.15, -0.1) is 0 Å². The highest BCUT2D eigenvalue weighted by Crippen LogP contribution is 2.20. The number of sulfonamides is 1. The first-order valence-electron chi connectivity index (χ1n) is 6.15. The number of hydrogen-bond acceptors (Lipinski definition) is 3. The van der Waals surface area contributed by atoms with Crippen LogP contribution in [0, 0.1) is 13.8 Å². The largest absolute Gasteiger partial charge is 0.276 e. The van der Waals surface area contributed by atoms with Crippen LogP contribution in [0.5, 0.6) is 0 Å². The molecule has 0 unspecified atom stereocenters. The fraction of sp³-hybridized carbons (Fsp3) is 0.214. The maximum atomic E-state index is 12.1.